The van der Waals surface area contributed by atoms with Gasteiger partial charge in [0.15, 0.2) is 0 Å². The number of nitrogens with zero attached hydrogens (tertiary/aromatic N) is 1. The minimum atomic E-state index is 1.13. The van der Waals surface area contributed by atoms with Gasteiger partial charge in [0.2, 0.25) is 0 Å². The summed E-state index contributed by atoms with van der Waals surface area (Å²) >= 11 is 5.31. The van der Waals surface area contributed by atoms with Crippen molar-refractivity contribution in [2.24, 2.45) is 0 Å². The molecule has 0 N–H and O–H groups in total. The zero-order valence-corrected chi connectivity index (χ0v) is 10.4. The highest BCUT2D eigenvalue weighted by atomic mass is 79.9. The maximum atomic E-state index is 3.42. The predicted octanol–water partition coefficient (Wildman–Crippen LogP) is 3.10. The summed E-state index contributed by atoms with van der Waals surface area (Å²) in [5.74, 6) is 1.15. The van der Waals surface area contributed by atoms with Crippen molar-refractivity contribution >= 4 is 27.7 Å². The quantitative estimate of drug-likeness (QED) is 0.765. The van der Waals surface area contributed by atoms with E-state index < -0.39 is 0 Å². The Kier molecular flexibility index (Phi) is 4.84. The molecule has 1 nitrogen and oxygen atoms in total. The first-order chi connectivity index (χ1) is 6.18. The minimum Gasteiger partial charge on any atom is -0.309 e. The van der Waals surface area contributed by atoms with Crippen molar-refractivity contribution in [1.82, 2.24) is 4.90 Å². The molecule has 0 atom stereocenters. The van der Waals surface area contributed by atoms with Gasteiger partial charge in [0, 0.05) is 21.7 Å². The summed E-state index contributed by atoms with van der Waals surface area (Å²) in [5, 5.41) is 0. The molecule has 0 bridgehead atoms. The van der Waals surface area contributed by atoms with Crippen LogP contribution in [0.1, 0.15) is 0 Å². The average Bonchev–Trinajstić information content (AvgIpc) is 2.08. The first-order valence-electron chi connectivity index (χ1n) is 4.21. The van der Waals surface area contributed by atoms with Gasteiger partial charge in [-0.2, -0.15) is 0 Å². The van der Waals surface area contributed by atoms with Crippen molar-refractivity contribution in [2.75, 3.05) is 26.4 Å². The van der Waals surface area contributed by atoms with Crippen LogP contribution in [0.4, 0.5) is 0 Å². The number of hydrogen-bond donors (Lipinski definition) is 0. The van der Waals surface area contributed by atoms with Crippen molar-refractivity contribution in [3.63, 3.8) is 0 Å². The molecule has 0 aliphatic heterocycles. The second-order valence-corrected chi connectivity index (χ2v) is 5.19. The maximum Gasteiger partial charge on any atom is 0.0176 e. The highest BCUT2D eigenvalue weighted by Gasteiger charge is 1.94. The second kappa shape index (κ2) is 5.68. The fraction of sp³-hybridized carbons (Fsp3) is 0.400. The Balaban J connectivity index is 2.33. The van der Waals surface area contributed by atoms with E-state index in [2.05, 4.69) is 59.2 Å². The second-order valence-electron chi connectivity index (χ2n) is 3.11. The van der Waals surface area contributed by atoms with Crippen LogP contribution in [0.3, 0.4) is 0 Å². The van der Waals surface area contributed by atoms with Crippen molar-refractivity contribution in [1.29, 1.82) is 0 Å². The molecule has 72 valence electrons. The molecule has 0 unspecified atom stereocenters. The van der Waals surface area contributed by atoms with E-state index in [0.717, 1.165) is 16.8 Å². The number of benzene rings is 1. The summed E-state index contributed by atoms with van der Waals surface area (Å²) in [5.41, 5.74) is 0. The van der Waals surface area contributed by atoms with E-state index in [1.165, 1.54) is 4.90 Å². The highest BCUT2D eigenvalue weighted by Crippen LogP contribution is 2.20. The van der Waals surface area contributed by atoms with Crippen LogP contribution in [0.25, 0.3) is 0 Å². The van der Waals surface area contributed by atoms with Crippen LogP contribution in [0.15, 0.2) is 33.6 Å². The lowest BCUT2D eigenvalue weighted by Crippen LogP contribution is -2.14. The fourth-order valence-electron chi connectivity index (χ4n) is 0.877. The summed E-state index contributed by atoms with van der Waals surface area (Å²) in [6.07, 6.45) is 0. The highest BCUT2D eigenvalue weighted by molar-refractivity contribution is 9.10. The zero-order valence-electron chi connectivity index (χ0n) is 7.96. The molecule has 0 amide bonds. The van der Waals surface area contributed by atoms with Crippen LogP contribution in [0, 0.1) is 0 Å². The molecule has 1 aromatic carbocycles. The Hall–Kier alpha value is 0.01000. The Morgan fingerprint density at radius 3 is 2.38 bits per heavy atom. The number of thioether (sulfide) groups is 1. The Labute approximate surface area is 92.6 Å². The van der Waals surface area contributed by atoms with Crippen molar-refractivity contribution in [3.05, 3.63) is 28.7 Å². The van der Waals surface area contributed by atoms with Gasteiger partial charge in [-0.3, -0.25) is 0 Å². The van der Waals surface area contributed by atoms with Crippen LogP contribution in [-0.2, 0) is 0 Å². The summed E-state index contributed by atoms with van der Waals surface area (Å²) in [4.78, 5) is 3.54. The molecule has 0 aromatic heterocycles. The van der Waals surface area contributed by atoms with Gasteiger partial charge >= 0.3 is 0 Å². The molecule has 1 rings (SSSR count). The van der Waals surface area contributed by atoms with Gasteiger partial charge in [-0.25, -0.2) is 0 Å². The largest absolute Gasteiger partial charge is 0.309 e. The zero-order chi connectivity index (χ0) is 9.68. The number of rotatable bonds is 4. The smallest absolute Gasteiger partial charge is 0.0176 e. The van der Waals surface area contributed by atoms with Crippen LogP contribution in [0.5, 0.6) is 0 Å². The van der Waals surface area contributed by atoms with Crippen molar-refractivity contribution in [2.45, 2.75) is 4.90 Å². The monoisotopic (exact) mass is 259 g/mol. The van der Waals surface area contributed by atoms with Gasteiger partial charge in [0.25, 0.3) is 0 Å². The molecule has 0 saturated heterocycles. The molecule has 1 aromatic rings. The lowest BCUT2D eigenvalue weighted by atomic mass is 10.4. The summed E-state index contributed by atoms with van der Waals surface area (Å²) in [6, 6.07) is 8.45. The van der Waals surface area contributed by atoms with Gasteiger partial charge in [-0.15, -0.1) is 11.8 Å². The standard InChI is InChI=1S/C10H14BrNS/c1-12(2)7-8-13-10-5-3-9(11)4-6-10/h3-6H,7-8H2,1-2H3. The molecular weight excluding hydrogens is 246 g/mol. The summed E-state index contributed by atoms with van der Waals surface area (Å²) < 4.78 is 1.14. The molecule has 0 aliphatic carbocycles. The Morgan fingerprint density at radius 1 is 1.23 bits per heavy atom. The van der Waals surface area contributed by atoms with Crippen molar-refractivity contribution in [3.8, 4) is 0 Å². The van der Waals surface area contributed by atoms with E-state index in [4.69, 9.17) is 0 Å². The van der Waals surface area contributed by atoms with E-state index in [1.807, 2.05) is 11.8 Å². The van der Waals surface area contributed by atoms with Gasteiger partial charge in [0.05, 0.1) is 0 Å². The van der Waals surface area contributed by atoms with E-state index in [0.29, 0.717) is 0 Å². The average molecular weight is 260 g/mol. The van der Waals surface area contributed by atoms with Gasteiger partial charge in [0.1, 0.15) is 0 Å². The molecule has 0 saturated carbocycles. The number of hydrogen-bond acceptors (Lipinski definition) is 2. The molecule has 3 heteroatoms. The summed E-state index contributed by atoms with van der Waals surface area (Å²) in [6.45, 7) is 1.13. The predicted molar refractivity (Wildman–Crippen MR) is 63.4 cm³/mol. The molecule has 0 fully saturated rings. The van der Waals surface area contributed by atoms with Gasteiger partial charge in [-0.05, 0) is 38.4 Å². The molecule has 0 aliphatic rings. The molecule has 0 radical (unpaired) electrons. The molecule has 13 heavy (non-hydrogen) atoms. The Morgan fingerprint density at radius 2 is 1.85 bits per heavy atom. The molecular formula is C10H14BrNS. The van der Waals surface area contributed by atoms with E-state index in [-0.39, 0.29) is 0 Å². The fourth-order valence-corrected chi connectivity index (χ4v) is 2.16. The van der Waals surface area contributed by atoms with E-state index in [9.17, 15) is 0 Å². The third-order valence-electron chi connectivity index (χ3n) is 1.62. The lowest BCUT2D eigenvalue weighted by molar-refractivity contribution is 0.437. The topological polar surface area (TPSA) is 3.24 Å². The third kappa shape index (κ3) is 4.69. The molecule has 0 heterocycles. The van der Waals surface area contributed by atoms with Crippen LogP contribution >= 0.6 is 27.7 Å². The van der Waals surface area contributed by atoms with E-state index >= 15 is 0 Å². The third-order valence-corrected chi connectivity index (χ3v) is 3.14. The van der Waals surface area contributed by atoms with Gasteiger partial charge in [-0.1, -0.05) is 15.9 Å². The minimum absolute atomic E-state index is 1.13. The SMILES string of the molecule is CN(C)CCSc1ccc(Br)cc1. The lowest BCUT2D eigenvalue weighted by Gasteiger charge is -2.08. The van der Waals surface area contributed by atoms with E-state index in [1.54, 1.807) is 0 Å². The Bertz CT molecular complexity index is 246. The van der Waals surface area contributed by atoms with Crippen LogP contribution in [0.2, 0.25) is 0 Å². The molecule has 0 spiro atoms. The first kappa shape index (κ1) is 11.1. The van der Waals surface area contributed by atoms with Gasteiger partial charge < -0.3 is 4.90 Å². The number of halogens is 1. The maximum absolute atomic E-state index is 3.42. The summed E-state index contributed by atoms with van der Waals surface area (Å²) in [7, 11) is 4.20. The van der Waals surface area contributed by atoms with Crippen LogP contribution in [-0.4, -0.2) is 31.3 Å². The van der Waals surface area contributed by atoms with Crippen molar-refractivity contribution < 1.29 is 0 Å². The van der Waals surface area contributed by atoms with Crippen LogP contribution < -0.4 is 0 Å². The first-order valence-corrected chi connectivity index (χ1v) is 5.99. The normalized spacial score (nSPS) is 10.8.